The summed E-state index contributed by atoms with van der Waals surface area (Å²) in [5.74, 6) is 0.0719. The molecule has 3 heterocycles. The maximum Gasteiger partial charge on any atom is 0.244 e. The van der Waals surface area contributed by atoms with Gasteiger partial charge in [0.25, 0.3) is 0 Å². The van der Waals surface area contributed by atoms with E-state index in [9.17, 15) is 4.79 Å². The van der Waals surface area contributed by atoms with Crippen molar-refractivity contribution in [1.82, 2.24) is 20.0 Å². The number of piperidine rings is 1. The van der Waals surface area contributed by atoms with E-state index in [1.807, 2.05) is 13.8 Å². The largest absolute Gasteiger partial charge is 0.351 e. The minimum absolute atomic E-state index is 0.0719. The van der Waals surface area contributed by atoms with E-state index in [0.29, 0.717) is 18.1 Å². The number of hydrogen-bond acceptors (Lipinski definition) is 3. The minimum atomic E-state index is -0.270. The zero-order valence-corrected chi connectivity index (χ0v) is 14.4. The molecular weight excluding hydrogens is 332 g/mol. The van der Waals surface area contributed by atoms with Crippen LogP contribution < -0.4 is 5.32 Å². The summed E-state index contributed by atoms with van der Waals surface area (Å²) in [7, 11) is 2.22. The molecule has 0 saturated carbocycles. The first-order valence-electron chi connectivity index (χ1n) is 7.69. The second-order valence-electron chi connectivity index (χ2n) is 6.43. The standard InChI is InChI=1S/C15H23BrN4O/c1-9-14(16)8-17-20(9)10(2)15(21)18-11-6-12-4-5-13(7-11)19(12)3/h8,10-13H,4-7H2,1-3H3,(H,18,21). The Morgan fingerprint density at radius 2 is 2.05 bits per heavy atom. The summed E-state index contributed by atoms with van der Waals surface area (Å²) in [6.45, 7) is 3.88. The highest BCUT2D eigenvalue weighted by molar-refractivity contribution is 9.10. The smallest absolute Gasteiger partial charge is 0.244 e. The summed E-state index contributed by atoms with van der Waals surface area (Å²) in [4.78, 5) is 15.0. The Hall–Kier alpha value is -0.880. The number of hydrogen-bond donors (Lipinski definition) is 1. The molecule has 2 aliphatic rings. The lowest BCUT2D eigenvalue weighted by atomic mass is 9.98. The molecule has 5 nitrogen and oxygen atoms in total. The SMILES string of the molecule is Cc1c(Br)cnn1C(C)C(=O)NC1CC2CCC(C1)N2C. The maximum absolute atomic E-state index is 12.5. The van der Waals surface area contributed by atoms with Crippen molar-refractivity contribution in [2.24, 2.45) is 0 Å². The van der Waals surface area contributed by atoms with E-state index in [2.05, 4.69) is 38.3 Å². The molecule has 0 aliphatic carbocycles. The van der Waals surface area contributed by atoms with Crippen LogP contribution in [0.5, 0.6) is 0 Å². The number of nitrogens with zero attached hydrogens (tertiary/aromatic N) is 3. The van der Waals surface area contributed by atoms with Gasteiger partial charge in [0, 0.05) is 18.1 Å². The van der Waals surface area contributed by atoms with Crippen molar-refractivity contribution in [3.8, 4) is 0 Å². The highest BCUT2D eigenvalue weighted by Gasteiger charge is 2.39. The number of rotatable bonds is 3. The molecule has 3 rings (SSSR count). The van der Waals surface area contributed by atoms with E-state index in [0.717, 1.165) is 23.0 Å². The molecule has 21 heavy (non-hydrogen) atoms. The van der Waals surface area contributed by atoms with Gasteiger partial charge in [0.15, 0.2) is 0 Å². The van der Waals surface area contributed by atoms with Crippen LogP contribution in [0.25, 0.3) is 0 Å². The predicted molar refractivity (Wildman–Crippen MR) is 85.1 cm³/mol. The third-order valence-corrected chi connectivity index (χ3v) is 5.95. The molecule has 6 heteroatoms. The topological polar surface area (TPSA) is 50.2 Å². The first-order valence-corrected chi connectivity index (χ1v) is 8.48. The highest BCUT2D eigenvalue weighted by Crippen LogP contribution is 2.34. The van der Waals surface area contributed by atoms with E-state index in [1.165, 1.54) is 12.8 Å². The molecule has 1 aromatic heterocycles. The maximum atomic E-state index is 12.5. The molecule has 0 aromatic carbocycles. The van der Waals surface area contributed by atoms with Gasteiger partial charge in [0.1, 0.15) is 6.04 Å². The summed E-state index contributed by atoms with van der Waals surface area (Å²) in [6, 6.07) is 1.33. The van der Waals surface area contributed by atoms with Gasteiger partial charge in [-0.1, -0.05) is 0 Å². The molecule has 2 saturated heterocycles. The molecule has 3 atom stereocenters. The Labute approximate surface area is 134 Å². The first-order chi connectivity index (χ1) is 9.97. The zero-order valence-electron chi connectivity index (χ0n) is 12.8. The van der Waals surface area contributed by atoms with Crippen LogP contribution in [0.3, 0.4) is 0 Å². The number of halogens is 1. The molecule has 1 aromatic rings. The van der Waals surface area contributed by atoms with Crippen LogP contribution >= 0.6 is 15.9 Å². The van der Waals surface area contributed by atoms with Gasteiger partial charge in [-0.25, -0.2) is 0 Å². The number of fused-ring (bicyclic) bond motifs is 2. The Kier molecular flexibility index (Phi) is 4.10. The van der Waals surface area contributed by atoms with Crippen LogP contribution in [0.1, 0.15) is 44.3 Å². The number of carbonyl (C=O) groups excluding carboxylic acids is 1. The van der Waals surface area contributed by atoms with E-state index in [4.69, 9.17) is 0 Å². The van der Waals surface area contributed by atoms with Crippen molar-refractivity contribution in [2.45, 2.75) is 63.7 Å². The minimum Gasteiger partial charge on any atom is -0.351 e. The van der Waals surface area contributed by atoms with Crippen LogP contribution in [0.4, 0.5) is 0 Å². The number of carbonyl (C=O) groups is 1. The number of amides is 1. The quantitative estimate of drug-likeness (QED) is 0.905. The molecule has 0 spiro atoms. The first kappa shape index (κ1) is 15.0. The average Bonchev–Trinajstić information content (AvgIpc) is 2.86. The van der Waals surface area contributed by atoms with Gasteiger partial charge in [0.2, 0.25) is 5.91 Å². The summed E-state index contributed by atoms with van der Waals surface area (Å²) >= 11 is 3.44. The van der Waals surface area contributed by atoms with Crippen molar-refractivity contribution >= 4 is 21.8 Å². The lowest BCUT2D eigenvalue weighted by Crippen LogP contribution is -2.49. The van der Waals surface area contributed by atoms with Gasteiger partial charge in [-0.3, -0.25) is 9.48 Å². The zero-order chi connectivity index (χ0) is 15.1. The highest BCUT2D eigenvalue weighted by atomic mass is 79.9. The molecule has 2 bridgehead atoms. The molecule has 3 unspecified atom stereocenters. The monoisotopic (exact) mass is 354 g/mol. The number of aromatic nitrogens is 2. The van der Waals surface area contributed by atoms with Crippen LogP contribution in [-0.4, -0.2) is 45.8 Å². The van der Waals surface area contributed by atoms with Gasteiger partial charge in [-0.15, -0.1) is 0 Å². The van der Waals surface area contributed by atoms with Crippen molar-refractivity contribution in [3.63, 3.8) is 0 Å². The van der Waals surface area contributed by atoms with E-state index in [1.54, 1.807) is 10.9 Å². The Morgan fingerprint density at radius 1 is 1.43 bits per heavy atom. The van der Waals surface area contributed by atoms with Crippen LogP contribution in [0, 0.1) is 6.92 Å². The summed E-state index contributed by atoms with van der Waals surface area (Å²) in [5, 5.41) is 7.52. The average molecular weight is 355 g/mol. The third-order valence-electron chi connectivity index (χ3n) is 5.18. The van der Waals surface area contributed by atoms with E-state index >= 15 is 0 Å². The lowest BCUT2D eigenvalue weighted by molar-refractivity contribution is -0.125. The van der Waals surface area contributed by atoms with Crippen molar-refractivity contribution in [1.29, 1.82) is 0 Å². The molecule has 2 aliphatic heterocycles. The predicted octanol–water partition coefficient (Wildman–Crippen LogP) is 2.26. The fourth-order valence-electron chi connectivity index (χ4n) is 3.76. The second kappa shape index (κ2) is 5.72. The summed E-state index contributed by atoms with van der Waals surface area (Å²) in [5.41, 5.74) is 0.987. The van der Waals surface area contributed by atoms with Crippen molar-refractivity contribution in [2.75, 3.05) is 7.05 Å². The van der Waals surface area contributed by atoms with Gasteiger partial charge >= 0.3 is 0 Å². The fraction of sp³-hybridized carbons (Fsp3) is 0.733. The molecule has 1 N–H and O–H groups in total. The number of nitrogens with one attached hydrogen (secondary N) is 1. The van der Waals surface area contributed by atoms with E-state index < -0.39 is 0 Å². The Bertz CT molecular complexity index is 530. The lowest BCUT2D eigenvalue weighted by Gasteiger charge is -2.37. The van der Waals surface area contributed by atoms with Gasteiger partial charge in [0.05, 0.1) is 16.4 Å². The van der Waals surface area contributed by atoms with Crippen LogP contribution in [-0.2, 0) is 4.79 Å². The molecule has 116 valence electrons. The van der Waals surface area contributed by atoms with Crippen molar-refractivity contribution < 1.29 is 4.79 Å². The van der Waals surface area contributed by atoms with Crippen LogP contribution in [0.2, 0.25) is 0 Å². The molecule has 2 fully saturated rings. The van der Waals surface area contributed by atoms with E-state index in [-0.39, 0.29) is 11.9 Å². The second-order valence-corrected chi connectivity index (χ2v) is 7.28. The Morgan fingerprint density at radius 3 is 2.57 bits per heavy atom. The third kappa shape index (κ3) is 2.75. The normalized spacial score (nSPS) is 30.4. The van der Waals surface area contributed by atoms with Gasteiger partial charge in [-0.05, 0) is 62.5 Å². The van der Waals surface area contributed by atoms with Crippen LogP contribution in [0.15, 0.2) is 10.7 Å². The Balaban J connectivity index is 1.63. The molecule has 1 amide bonds. The fourth-order valence-corrected chi connectivity index (χ4v) is 4.03. The summed E-state index contributed by atoms with van der Waals surface area (Å²) in [6.07, 6.45) is 6.44. The molecule has 0 radical (unpaired) electrons. The van der Waals surface area contributed by atoms with Gasteiger partial charge < -0.3 is 10.2 Å². The molecular formula is C15H23BrN4O. The van der Waals surface area contributed by atoms with Gasteiger partial charge in [-0.2, -0.15) is 5.10 Å². The van der Waals surface area contributed by atoms with Crippen molar-refractivity contribution in [3.05, 3.63) is 16.4 Å². The summed E-state index contributed by atoms with van der Waals surface area (Å²) < 4.78 is 2.72.